The summed E-state index contributed by atoms with van der Waals surface area (Å²) in [5, 5.41) is 11.5. The highest BCUT2D eigenvalue weighted by molar-refractivity contribution is 5.38. The number of halogens is 3. The summed E-state index contributed by atoms with van der Waals surface area (Å²) in [6.45, 7) is 0.487. The molecule has 2 unspecified atom stereocenters. The molecule has 1 aliphatic rings. The van der Waals surface area contributed by atoms with Crippen molar-refractivity contribution in [1.82, 2.24) is 24.5 Å². The van der Waals surface area contributed by atoms with Crippen molar-refractivity contribution >= 4 is 5.82 Å². The molecule has 0 bridgehead atoms. The van der Waals surface area contributed by atoms with E-state index >= 15 is 0 Å². The Morgan fingerprint density at radius 1 is 1.18 bits per heavy atom. The van der Waals surface area contributed by atoms with E-state index in [1.165, 1.54) is 21.5 Å². The molecule has 0 spiro atoms. The molecule has 146 valence electrons. The van der Waals surface area contributed by atoms with Crippen LogP contribution in [0.15, 0.2) is 53.7 Å². The van der Waals surface area contributed by atoms with E-state index < -0.39 is 17.8 Å². The van der Waals surface area contributed by atoms with Crippen molar-refractivity contribution in [3.8, 4) is 5.82 Å². The summed E-state index contributed by atoms with van der Waals surface area (Å²) in [6.07, 6.45) is -0.398. The second kappa shape index (κ2) is 7.08. The van der Waals surface area contributed by atoms with Crippen LogP contribution in [0.5, 0.6) is 0 Å². The molecule has 11 heteroatoms. The van der Waals surface area contributed by atoms with Gasteiger partial charge in [-0.3, -0.25) is 4.79 Å². The van der Waals surface area contributed by atoms with Crippen molar-refractivity contribution in [1.29, 1.82) is 0 Å². The van der Waals surface area contributed by atoms with E-state index in [1.807, 2.05) is 0 Å². The number of nitrogens with one attached hydrogen (secondary N) is 1. The van der Waals surface area contributed by atoms with Gasteiger partial charge in [-0.2, -0.15) is 18.3 Å². The van der Waals surface area contributed by atoms with Crippen molar-refractivity contribution in [2.24, 2.45) is 0 Å². The topological polar surface area (TPSA) is 86.9 Å². The lowest BCUT2D eigenvalue weighted by Gasteiger charge is -2.21. The first kappa shape index (κ1) is 18.2. The monoisotopic (exact) mass is 392 g/mol. The largest absolute Gasteiger partial charge is 0.417 e. The highest BCUT2D eigenvalue weighted by atomic mass is 19.4. The third-order valence-electron chi connectivity index (χ3n) is 4.34. The van der Waals surface area contributed by atoms with Gasteiger partial charge in [0.1, 0.15) is 11.9 Å². The number of rotatable bonds is 4. The van der Waals surface area contributed by atoms with E-state index in [0.29, 0.717) is 5.82 Å². The first-order valence-electron chi connectivity index (χ1n) is 8.39. The van der Waals surface area contributed by atoms with E-state index in [1.54, 1.807) is 24.5 Å². The lowest BCUT2D eigenvalue weighted by molar-refractivity contribution is -0.137. The van der Waals surface area contributed by atoms with Gasteiger partial charge in [0.05, 0.1) is 24.8 Å². The number of alkyl halides is 3. The second-order valence-electron chi connectivity index (χ2n) is 6.21. The molecular weight excluding hydrogens is 377 g/mol. The van der Waals surface area contributed by atoms with Gasteiger partial charge in [0.25, 0.3) is 5.56 Å². The lowest BCUT2D eigenvalue weighted by atomic mass is 10.1. The molecule has 0 radical (unpaired) electrons. The van der Waals surface area contributed by atoms with Gasteiger partial charge < -0.3 is 10.1 Å². The molecular formula is C17H15F3N6O2. The SMILES string of the molecule is O=c1ccc(-n2cccn2)nn1C1COCC1Nc1ccc(C(F)(F)F)cn1. The van der Waals surface area contributed by atoms with Crippen LogP contribution in [-0.2, 0) is 10.9 Å². The fraction of sp³-hybridized carbons (Fsp3) is 0.294. The third-order valence-corrected chi connectivity index (χ3v) is 4.34. The van der Waals surface area contributed by atoms with Gasteiger partial charge in [0.2, 0.25) is 0 Å². The van der Waals surface area contributed by atoms with Crippen molar-refractivity contribution < 1.29 is 17.9 Å². The molecule has 2 atom stereocenters. The molecule has 28 heavy (non-hydrogen) atoms. The fourth-order valence-corrected chi connectivity index (χ4v) is 2.94. The molecule has 0 aliphatic carbocycles. The molecule has 1 aliphatic heterocycles. The van der Waals surface area contributed by atoms with Gasteiger partial charge in [-0.05, 0) is 24.3 Å². The number of pyridine rings is 1. The molecule has 0 amide bonds. The second-order valence-corrected chi connectivity index (χ2v) is 6.21. The number of ether oxygens (including phenoxy) is 1. The number of hydrogen-bond donors (Lipinski definition) is 1. The molecule has 1 N–H and O–H groups in total. The van der Waals surface area contributed by atoms with Crippen molar-refractivity contribution in [2.45, 2.75) is 18.3 Å². The molecule has 4 heterocycles. The quantitative estimate of drug-likeness (QED) is 0.730. The van der Waals surface area contributed by atoms with Crippen molar-refractivity contribution in [3.05, 3.63) is 64.8 Å². The van der Waals surface area contributed by atoms with E-state index in [4.69, 9.17) is 4.74 Å². The summed E-state index contributed by atoms with van der Waals surface area (Å²) in [4.78, 5) is 16.1. The first-order chi connectivity index (χ1) is 13.4. The lowest BCUT2D eigenvalue weighted by Crippen LogP contribution is -2.37. The molecule has 0 aromatic carbocycles. The summed E-state index contributed by atoms with van der Waals surface area (Å²) < 4.78 is 46.3. The van der Waals surface area contributed by atoms with Crippen LogP contribution in [0, 0.1) is 0 Å². The Balaban J connectivity index is 1.57. The molecule has 3 aromatic heterocycles. The minimum absolute atomic E-state index is 0.230. The zero-order valence-electron chi connectivity index (χ0n) is 14.4. The molecule has 0 saturated carbocycles. The van der Waals surface area contributed by atoms with Crippen LogP contribution in [0.1, 0.15) is 11.6 Å². The Hall–Kier alpha value is -3.21. The summed E-state index contributed by atoms with van der Waals surface area (Å²) in [5.41, 5.74) is -1.15. The van der Waals surface area contributed by atoms with E-state index in [-0.39, 0.29) is 30.6 Å². The first-order valence-corrected chi connectivity index (χ1v) is 8.39. The van der Waals surface area contributed by atoms with Crippen molar-refractivity contribution in [3.63, 3.8) is 0 Å². The predicted molar refractivity (Wildman–Crippen MR) is 92.1 cm³/mol. The molecule has 1 saturated heterocycles. The normalized spacial score (nSPS) is 19.7. The highest BCUT2D eigenvalue weighted by Crippen LogP contribution is 2.29. The Kier molecular flexibility index (Phi) is 4.59. The van der Waals surface area contributed by atoms with Gasteiger partial charge in [0.15, 0.2) is 5.82 Å². The average Bonchev–Trinajstić information content (AvgIpc) is 3.34. The summed E-state index contributed by atoms with van der Waals surface area (Å²) in [7, 11) is 0. The van der Waals surface area contributed by atoms with Gasteiger partial charge in [0, 0.05) is 24.7 Å². The zero-order valence-corrected chi connectivity index (χ0v) is 14.4. The van der Waals surface area contributed by atoms with E-state index in [2.05, 4.69) is 20.5 Å². The average molecular weight is 392 g/mol. The smallest absolute Gasteiger partial charge is 0.377 e. The number of hydrogen-bond acceptors (Lipinski definition) is 6. The number of aromatic nitrogens is 5. The Labute approximate surface area is 156 Å². The van der Waals surface area contributed by atoms with Crippen LogP contribution >= 0.6 is 0 Å². The van der Waals surface area contributed by atoms with Gasteiger partial charge >= 0.3 is 6.18 Å². The standard InChI is InChI=1S/C17H15F3N6O2/c18-17(19,20)11-2-3-14(21-8-11)23-12-9-28-10-13(12)26-16(27)5-4-15(24-26)25-7-1-6-22-25/h1-8,12-13H,9-10H2,(H,21,23). The molecule has 3 aromatic rings. The number of nitrogens with zero attached hydrogens (tertiary/aromatic N) is 5. The molecule has 8 nitrogen and oxygen atoms in total. The van der Waals surface area contributed by atoms with E-state index in [0.717, 1.165) is 12.3 Å². The van der Waals surface area contributed by atoms with Gasteiger partial charge in [-0.15, -0.1) is 5.10 Å². The Bertz CT molecular complexity index is 1000. The minimum atomic E-state index is -4.45. The maximum Gasteiger partial charge on any atom is 0.417 e. The van der Waals surface area contributed by atoms with Crippen LogP contribution in [0.2, 0.25) is 0 Å². The predicted octanol–water partition coefficient (Wildman–Crippen LogP) is 1.89. The van der Waals surface area contributed by atoms with Crippen LogP contribution in [0.25, 0.3) is 5.82 Å². The zero-order chi connectivity index (χ0) is 19.7. The van der Waals surface area contributed by atoms with Gasteiger partial charge in [-0.25, -0.2) is 14.3 Å². The fourth-order valence-electron chi connectivity index (χ4n) is 2.94. The van der Waals surface area contributed by atoms with Crippen molar-refractivity contribution in [2.75, 3.05) is 18.5 Å². The van der Waals surface area contributed by atoms with Gasteiger partial charge in [-0.1, -0.05) is 0 Å². The number of anilines is 1. The molecule has 1 fully saturated rings. The summed E-state index contributed by atoms with van der Waals surface area (Å²) in [6, 6.07) is 6.03. The van der Waals surface area contributed by atoms with Crippen LogP contribution < -0.4 is 10.9 Å². The maximum absolute atomic E-state index is 12.7. The van der Waals surface area contributed by atoms with E-state index in [9.17, 15) is 18.0 Å². The third kappa shape index (κ3) is 3.60. The minimum Gasteiger partial charge on any atom is -0.377 e. The van der Waals surface area contributed by atoms with Crippen LogP contribution in [0.3, 0.4) is 0 Å². The Morgan fingerprint density at radius 2 is 2.04 bits per heavy atom. The summed E-state index contributed by atoms with van der Waals surface area (Å²) >= 11 is 0. The maximum atomic E-state index is 12.7. The highest BCUT2D eigenvalue weighted by Gasteiger charge is 2.33. The van der Waals surface area contributed by atoms with Crippen LogP contribution in [0.4, 0.5) is 19.0 Å². The Morgan fingerprint density at radius 3 is 2.71 bits per heavy atom. The molecule has 4 rings (SSSR count). The summed E-state index contributed by atoms with van der Waals surface area (Å²) in [5.74, 6) is 0.715. The van der Waals surface area contributed by atoms with Crippen LogP contribution in [-0.4, -0.2) is 43.8 Å².